The molecule has 2 rings (SSSR count). The predicted molar refractivity (Wildman–Crippen MR) is 67.2 cm³/mol. The molecule has 1 aliphatic heterocycles. The van der Waals surface area contributed by atoms with E-state index in [-0.39, 0.29) is 0 Å². The van der Waals surface area contributed by atoms with E-state index >= 15 is 0 Å². The van der Waals surface area contributed by atoms with Gasteiger partial charge in [0.05, 0.1) is 5.60 Å². The van der Waals surface area contributed by atoms with Crippen molar-refractivity contribution in [2.75, 3.05) is 32.8 Å². The highest BCUT2D eigenvalue weighted by Gasteiger charge is 2.30. The Bertz CT molecular complexity index is 323. The van der Waals surface area contributed by atoms with Crippen LogP contribution in [0.15, 0.2) is 30.3 Å². The van der Waals surface area contributed by atoms with Gasteiger partial charge in [0, 0.05) is 19.6 Å². The molecule has 4 nitrogen and oxygen atoms in total. The standard InChI is InChI=1S/C13H20N2O2/c16-13(6-7-14-10-13)11-15-8-9-17-12-4-2-1-3-5-12/h1-5,14-16H,6-11H2. The Hall–Kier alpha value is -1.10. The lowest BCUT2D eigenvalue weighted by molar-refractivity contribution is 0.0604. The van der Waals surface area contributed by atoms with Crippen LogP contribution in [0.3, 0.4) is 0 Å². The molecule has 1 saturated heterocycles. The van der Waals surface area contributed by atoms with Gasteiger partial charge >= 0.3 is 0 Å². The van der Waals surface area contributed by atoms with E-state index in [0.717, 1.165) is 25.3 Å². The Morgan fingerprint density at radius 3 is 2.88 bits per heavy atom. The molecule has 1 unspecified atom stereocenters. The van der Waals surface area contributed by atoms with Crippen LogP contribution in [0.2, 0.25) is 0 Å². The first-order chi connectivity index (χ1) is 8.29. The Balaban J connectivity index is 1.58. The molecule has 0 aromatic heterocycles. The molecule has 4 heteroatoms. The minimum absolute atomic E-state index is 0.577. The van der Waals surface area contributed by atoms with E-state index < -0.39 is 5.60 Å². The van der Waals surface area contributed by atoms with E-state index in [1.807, 2.05) is 30.3 Å². The topological polar surface area (TPSA) is 53.5 Å². The highest BCUT2D eigenvalue weighted by Crippen LogP contribution is 2.12. The predicted octanol–water partition coefficient (Wildman–Crippen LogP) is 0.379. The summed E-state index contributed by atoms with van der Waals surface area (Å²) in [6, 6.07) is 9.75. The lowest BCUT2D eigenvalue weighted by Crippen LogP contribution is -2.43. The van der Waals surface area contributed by atoms with E-state index in [4.69, 9.17) is 4.74 Å². The lowest BCUT2D eigenvalue weighted by atomic mass is 10.0. The van der Waals surface area contributed by atoms with Crippen molar-refractivity contribution in [2.24, 2.45) is 0 Å². The number of nitrogens with one attached hydrogen (secondary N) is 2. The highest BCUT2D eigenvalue weighted by molar-refractivity contribution is 5.20. The smallest absolute Gasteiger partial charge is 0.119 e. The Morgan fingerprint density at radius 2 is 2.18 bits per heavy atom. The van der Waals surface area contributed by atoms with Gasteiger partial charge < -0.3 is 20.5 Å². The van der Waals surface area contributed by atoms with Crippen LogP contribution in [0.25, 0.3) is 0 Å². The zero-order chi connectivity index (χ0) is 12.0. The number of β-amino-alcohol motifs (C(OH)–C–C–N with tert-alkyl or cyclic N) is 1. The third-order valence-electron chi connectivity index (χ3n) is 2.97. The van der Waals surface area contributed by atoms with Crippen LogP contribution in [-0.2, 0) is 0 Å². The fourth-order valence-corrected chi connectivity index (χ4v) is 1.96. The van der Waals surface area contributed by atoms with Crippen LogP contribution in [0.4, 0.5) is 0 Å². The van der Waals surface area contributed by atoms with Gasteiger partial charge in [-0.3, -0.25) is 0 Å². The van der Waals surface area contributed by atoms with Gasteiger partial charge in [0.25, 0.3) is 0 Å². The zero-order valence-electron chi connectivity index (χ0n) is 9.98. The van der Waals surface area contributed by atoms with Gasteiger partial charge in [-0.2, -0.15) is 0 Å². The lowest BCUT2D eigenvalue weighted by Gasteiger charge is -2.21. The van der Waals surface area contributed by atoms with Crippen molar-refractivity contribution in [2.45, 2.75) is 12.0 Å². The van der Waals surface area contributed by atoms with Crippen molar-refractivity contribution < 1.29 is 9.84 Å². The molecule has 1 heterocycles. The Labute approximate surface area is 102 Å². The molecule has 3 N–H and O–H groups in total. The van der Waals surface area contributed by atoms with Gasteiger partial charge in [-0.25, -0.2) is 0 Å². The fraction of sp³-hybridized carbons (Fsp3) is 0.538. The summed E-state index contributed by atoms with van der Waals surface area (Å²) in [6.45, 7) is 3.57. The summed E-state index contributed by atoms with van der Waals surface area (Å²) in [5.74, 6) is 0.885. The third-order valence-corrected chi connectivity index (χ3v) is 2.97. The molecule has 17 heavy (non-hydrogen) atoms. The van der Waals surface area contributed by atoms with Crippen LogP contribution in [0.5, 0.6) is 5.75 Å². The van der Waals surface area contributed by atoms with Crippen molar-refractivity contribution in [3.8, 4) is 5.75 Å². The van der Waals surface area contributed by atoms with Gasteiger partial charge in [-0.15, -0.1) is 0 Å². The van der Waals surface area contributed by atoms with Gasteiger partial charge in [-0.1, -0.05) is 18.2 Å². The maximum absolute atomic E-state index is 10.0. The number of hydrogen-bond donors (Lipinski definition) is 3. The maximum atomic E-state index is 10.0. The fourth-order valence-electron chi connectivity index (χ4n) is 1.96. The second-order valence-electron chi connectivity index (χ2n) is 4.49. The van der Waals surface area contributed by atoms with Gasteiger partial charge in [0.2, 0.25) is 0 Å². The van der Waals surface area contributed by atoms with Gasteiger partial charge in [0.1, 0.15) is 12.4 Å². The Morgan fingerprint density at radius 1 is 1.35 bits per heavy atom. The first kappa shape index (κ1) is 12.4. The number of ether oxygens (including phenoxy) is 1. The average Bonchev–Trinajstić information content (AvgIpc) is 2.77. The molecule has 1 fully saturated rings. The molecule has 0 saturated carbocycles. The first-order valence-electron chi connectivity index (χ1n) is 6.10. The third kappa shape index (κ3) is 4.00. The second kappa shape index (κ2) is 6.00. The molecule has 0 aliphatic carbocycles. The van der Waals surface area contributed by atoms with E-state index in [1.54, 1.807) is 0 Å². The van der Waals surface area contributed by atoms with Crippen LogP contribution in [-0.4, -0.2) is 43.5 Å². The number of rotatable bonds is 6. The number of benzene rings is 1. The van der Waals surface area contributed by atoms with Crippen LogP contribution < -0.4 is 15.4 Å². The molecule has 1 aliphatic rings. The van der Waals surface area contributed by atoms with Crippen LogP contribution in [0, 0.1) is 0 Å². The average molecular weight is 236 g/mol. The molecule has 0 amide bonds. The SMILES string of the molecule is OC1(CNCCOc2ccccc2)CCNC1. The number of aliphatic hydroxyl groups is 1. The summed E-state index contributed by atoms with van der Waals surface area (Å²) in [4.78, 5) is 0. The molecular weight excluding hydrogens is 216 g/mol. The van der Waals surface area contributed by atoms with E-state index in [2.05, 4.69) is 10.6 Å². The molecule has 0 bridgehead atoms. The van der Waals surface area contributed by atoms with Crippen LogP contribution in [0.1, 0.15) is 6.42 Å². The molecular formula is C13H20N2O2. The minimum atomic E-state index is -0.577. The van der Waals surface area contributed by atoms with Crippen molar-refractivity contribution >= 4 is 0 Å². The van der Waals surface area contributed by atoms with Crippen molar-refractivity contribution in [1.29, 1.82) is 0 Å². The van der Waals surface area contributed by atoms with Gasteiger partial charge in [0.15, 0.2) is 0 Å². The number of hydrogen-bond acceptors (Lipinski definition) is 4. The van der Waals surface area contributed by atoms with E-state index in [1.165, 1.54) is 0 Å². The Kier molecular flexibility index (Phi) is 4.36. The van der Waals surface area contributed by atoms with Crippen molar-refractivity contribution in [3.05, 3.63) is 30.3 Å². The summed E-state index contributed by atoms with van der Waals surface area (Å²) in [7, 11) is 0. The minimum Gasteiger partial charge on any atom is -0.492 e. The van der Waals surface area contributed by atoms with E-state index in [9.17, 15) is 5.11 Å². The summed E-state index contributed by atoms with van der Waals surface area (Å²) in [5, 5.41) is 16.4. The summed E-state index contributed by atoms with van der Waals surface area (Å²) in [5.41, 5.74) is -0.577. The zero-order valence-corrected chi connectivity index (χ0v) is 9.98. The highest BCUT2D eigenvalue weighted by atomic mass is 16.5. The van der Waals surface area contributed by atoms with Crippen molar-refractivity contribution in [3.63, 3.8) is 0 Å². The van der Waals surface area contributed by atoms with Crippen LogP contribution >= 0.6 is 0 Å². The molecule has 0 spiro atoms. The quantitative estimate of drug-likeness (QED) is 0.625. The monoisotopic (exact) mass is 236 g/mol. The first-order valence-corrected chi connectivity index (χ1v) is 6.10. The molecule has 1 aromatic carbocycles. The second-order valence-corrected chi connectivity index (χ2v) is 4.49. The molecule has 1 aromatic rings. The summed E-state index contributed by atoms with van der Waals surface area (Å²) < 4.78 is 5.54. The van der Waals surface area contributed by atoms with Crippen molar-refractivity contribution in [1.82, 2.24) is 10.6 Å². The molecule has 0 radical (unpaired) electrons. The largest absolute Gasteiger partial charge is 0.492 e. The molecule has 94 valence electrons. The van der Waals surface area contributed by atoms with E-state index in [0.29, 0.717) is 19.7 Å². The number of para-hydroxylation sites is 1. The normalized spacial score (nSPS) is 23.8. The molecule has 1 atom stereocenters. The summed E-state index contributed by atoms with van der Waals surface area (Å²) >= 11 is 0. The van der Waals surface area contributed by atoms with Gasteiger partial charge in [-0.05, 0) is 25.1 Å². The maximum Gasteiger partial charge on any atom is 0.119 e. The summed E-state index contributed by atoms with van der Waals surface area (Å²) in [6.07, 6.45) is 0.819.